The largest absolute Gasteiger partial charge is 0.454 e. The number of carbonyl (C=O) groups is 1. The molecular formula is C21H19N3O5S. The minimum atomic E-state index is -3.82. The number of amides is 1. The normalized spacial score (nSPS) is 13.3. The highest BCUT2D eigenvalue weighted by atomic mass is 32.2. The summed E-state index contributed by atoms with van der Waals surface area (Å²) in [6, 6.07) is 17.6. The smallest absolute Gasteiger partial charge is 0.255 e. The number of sulfonamides is 1. The molecule has 0 aliphatic carbocycles. The highest BCUT2D eigenvalue weighted by Crippen LogP contribution is 2.31. The van der Waals surface area contributed by atoms with Crippen LogP contribution in [0.4, 0.5) is 0 Å². The van der Waals surface area contributed by atoms with Gasteiger partial charge in [0.1, 0.15) is 0 Å². The van der Waals surface area contributed by atoms with Crippen LogP contribution >= 0.6 is 0 Å². The Morgan fingerprint density at radius 1 is 1.07 bits per heavy atom. The van der Waals surface area contributed by atoms with Crippen molar-refractivity contribution in [2.24, 2.45) is 5.10 Å². The number of carbonyl (C=O) groups excluding carboxylic acids is 1. The number of ether oxygens (including phenoxy) is 2. The van der Waals surface area contributed by atoms with Gasteiger partial charge in [0, 0.05) is 7.05 Å². The van der Waals surface area contributed by atoms with E-state index in [9.17, 15) is 13.2 Å². The molecule has 1 heterocycles. The van der Waals surface area contributed by atoms with Gasteiger partial charge in [-0.1, -0.05) is 30.3 Å². The predicted molar refractivity (Wildman–Crippen MR) is 112 cm³/mol. The molecule has 0 radical (unpaired) electrons. The molecule has 0 saturated heterocycles. The topological polar surface area (TPSA) is 97.3 Å². The monoisotopic (exact) mass is 425 g/mol. The maximum atomic E-state index is 12.8. The van der Waals surface area contributed by atoms with Crippen LogP contribution in [0.1, 0.15) is 5.56 Å². The fourth-order valence-corrected chi connectivity index (χ4v) is 4.17. The zero-order valence-corrected chi connectivity index (χ0v) is 16.9. The fourth-order valence-electron chi connectivity index (χ4n) is 3.00. The molecule has 0 bridgehead atoms. The minimum Gasteiger partial charge on any atom is -0.454 e. The van der Waals surface area contributed by atoms with E-state index in [1.165, 1.54) is 19.3 Å². The lowest BCUT2D eigenvalue weighted by Crippen LogP contribution is -2.36. The maximum absolute atomic E-state index is 12.8. The van der Waals surface area contributed by atoms with Crippen molar-refractivity contribution in [2.75, 3.05) is 20.4 Å². The van der Waals surface area contributed by atoms with Crippen LogP contribution in [0.3, 0.4) is 0 Å². The summed E-state index contributed by atoms with van der Waals surface area (Å²) >= 11 is 0. The summed E-state index contributed by atoms with van der Waals surface area (Å²) in [5, 5.41) is 5.62. The number of hydrogen-bond donors (Lipinski definition) is 1. The number of hydrogen-bond acceptors (Lipinski definition) is 6. The van der Waals surface area contributed by atoms with Crippen LogP contribution in [0.2, 0.25) is 0 Å². The standard InChI is InChI=1S/C21H19N3O5S/c1-24(30(26,27)18-8-7-16-4-2-3-5-17(16)11-18)13-21(25)23-22-12-15-6-9-19-20(10-15)29-14-28-19/h2-12H,13-14H2,1H3,(H,23,25)/b22-12-. The lowest BCUT2D eigenvalue weighted by atomic mass is 10.1. The van der Waals surface area contributed by atoms with Gasteiger partial charge in [0.2, 0.25) is 16.8 Å². The summed E-state index contributed by atoms with van der Waals surface area (Å²) in [5.41, 5.74) is 3.04. The Balaban J connectivity index is 1.39. The Bertz CT molecular complexity index is 1240. The van der Waals surface area contributed by atoms with Crippen molar-refractivity contribution in [1.29, 1.82) is 0 Å². The zero-order valence-electron chi connectivity index (χ0n) is 16.1. The van der Waals surface area contributed by atoms with E-state index in [1.807, 2.05) is 24.3 Å². The zero-order chi connectivity index (χ0) is 21.1. The average Bonchev–Trinajstić information content (AvgIpc) is 3.21. The Morgan fingerprint density at radius 2 is 1.83 bits per heavy atom. The first-order valence-corrected chi connectivity index (χ1v) is 10.5. The lowest BCUT2D eigenvalue weighted by molar-refractivity contribution is -0.121. The molecule has 1 aliphatic rings. The van der Waals surface area contributed by atoms with Gasteiger partial charge in [-0.25, -0.2) is 13.8 Å². The summed E-state index contributed by atoms with van der Waals surface area (Å²) in [4.78, 5) is 12.3. The van der Waals surface area contributed by atoms with E-state index in [0.29, 0.717) is 17.1 Å². The first-order chi connectivity index (χ1) is 14.4. The summed E-state index contributed by atoms with van der Waals surface area (Å²) in [7, 11) is -2.47. The van der Waals surface area contributed by atoms with E-state index in [2.05, 4.69) is 10.5 Å². The molecule has 3 aromatic carbocycles. The predicted octanol–water partition coefficient (Wildman–Crippen LogP) is 2.34. The Hall–Kier alpha value is -3.43. The van der Waals surface area contributed by atoms with Crippen molar-refractivity contribution in [3.8, 4) is 11.5 Å². The van der Waals surface area contributed by atoms with E-state index in [4.69, 9.17) is 9.47 Å². The van der Waals surface area contributed by atoms with Crippen LogP contribution in [0.5, 0.6) is 11.5 Å². The molecule has 0 saturated carbocycles. The second-order valence-electron chi connectivity index (χ2n) is 6.68. The van der Waals surface area contributed by atoms with E-state index in [0.717, 1.165) is 15.1 Å². The van der Waals surface area contributed by atoms with Crippen LogP contribution in [-0.4, -0.2) is 45.2 Å². The molecule has 0 aromatic heterocycles. The third-order valence-corrected chi connectivity index (χ3v) is 6.39. The first kappa shape index (κ1) is 19.9. The van der Waals surface area contributed by atoms with E-state index in [1.54, 1.807) is 30.3 Å². The molecule has 0 spiro atoms. The number of likely N-dealkylation sites (N-methyl/N-ethyl adjacent to an activating group) is 1. The lowest BCUT2D eigenvalue weighted by Gasteiger charge is -2.16. The minimum absolute atomic E-state index is 0.125. The van der Waals surface area contributed by atoms with Crippen molar-refractivity contribution in [2.45, 2.75) is 4.90 Å². The molecule has 0 fully saturated rings. The molecular weight excluding hydrogens is 406 g/mol. The van der Waals surface area contributed by atoms with Gasteiger partial charge in [0.15, 0.2) is 11.5 Å². The third kappa shape index (κ3) is 4.12. The van der Waals surface area contributed by atoms with E-state index in [-0.39, 0.29) is 18.2 Å². The van der Waals surface area contributed by atoms with Gasteiger partial charge in [0.25, 0.3) is 5.91 Å². The van der Waals surface area contributed by atoms with E-state index < -0.39 is 15.9 Å². The van der Waals surface area contributed by atoms with Crippen LogP contribution in [0, 0.1) is 0 Å². The Morgan fingerprint density at radius 3 is 2.67 bits per heavy atom. The van der Waals surface area contributed by atoms with Gasteiger partial charge in [-0.05, 0) is 46.7 Å². The average molecular weight is 425 g/mol. The van der Waals surface area contributed by atoms with Gasteiger partial charge in [-0.15, -0.1) is 0 Å². The second kappa shape index (κ2) is 8.13. The number of nitrogens with zero attached hydrogens (tertiary/aromatic N) is 2. The van der Waals surface area contributed by atoms with Crippen LogP contribution in [-0.2, 0) is 14.8 Å². The highest BCUT2D eigenvalue weighted by molar-refractivity contribution is 7.89. The van der Waals surface area contributed by atoms with E-state index >= 15 is 0 Å². The molecule has 8 nitrogen and oxygen atoms in total. The van der Waals surface area contributed by atoms with Crippen molar-refractivity contribution in [3.63, 3.8) is 0 Å². The van der Waals surface area contributed by atoms with Gasteiger partial charge < -0.3 is 9.47 Å². The molecule has 3 aromatic rings. The summed E-state index contributed by atoms with van der Waals surface area (Å²) in [6.45, 7) is -0.196. The molecule has 0 atom stereocenters. The molecule has 154 valence electrons. The number of benzene rings is 3. The fraction of sp³-hybridized carbons (Fsp3) is 0.143. The summed E-state index contributed by atoms with van der Waals surface area (Å²) in [6.07, 6.45) is 1.44. The number of hydrazone groups is 1. The quantitative estimate of drug-likeness (QED) is 0.483. The maximum Gasteiger partial charge on any atom is 0.255 e. The summed E-state index contributed by atoms with van der Waals surface area (Å²) < 4.78 is 37.1. The molecule has 0 unspecified atom stereocenters. The van der Waals surface area contributed by atoms with Gasteiger partial charge in [-0.3, -0.25) is 4.79 Å². The molecule has 1 N–H and O–H groups in total. The molecule has 30 heavy (non-hydrogen) atoms. The van der Waals surface area contributed by atoms with Gasteiger partial charge >= 0.3 is 0 Å². The molecule has 4 rings (SSSR count). The van der Waals surface area contributed by atoms with Crippen molar-refractivity contribution in [3.05, 3.63) is 66.2 Å². The van der Waals surface area contributed by atoms with Gasteiger partial charge in [-0.2, -0.15) is 9.41 Å². The first-order valence-electron chi connectivity index (χ1n) is 9.10. The molecule has 1 amide bonds. The highest BCUT2D eigenvalue weighted by Gasteiger charge is 2.23. The molecule has 1 aliphatic heterocycles. The van der Waals surface area contributed by atoms with Crippen LogP contribution < -0.4 is 14.9 Å². The van der Waals surface area contributed by atoms with Crippen LogP contribution in [0.15, 0.2) is 70.7 Å². The van der Waals surface area contributed by atoms with Crippen molar-refractivity contribution >= 4 is 32.9 Å². The summed E-state index contributed by atoms with van der Waals surface area (Å²) in [5.74, 6) is 0.696. The third-order valence-electron chi connectivity index (χ3n) is 4.59. The Kier molecular flexibility index (Phi) is 5.39. The van der Waals surface area contributed by atoms with Crippen molar-refractivity contribution in [1.82, 2.24) is 9.73 Å². The van der Waals surface area contributed by atoms with Crippen LogP contribution in [0.25, 0.3) is 10.8 Å². The number of fused-ring (bicyclic) bond motifs is 2. The number of nitrogens with one attached hydrogen (secondary N) is 1. The second-order valence-corrected chi connectivity index (χ2v) is 8.72. The molecule has 9 heteroatoms. The SMILES string of the molecule is CN(CC(=O)N/N=C\c1ccc2c(c1)OCO2)S(=O)(=O)c1ccc2ccccc2c1. The van der Waals surface area contributed by atoms with Gasteiger partial charge in [0.05, 0.1) is 17.7 Å². The van der Waals surface area contributed by atoms with Crippen molar-refractivity contribution < 1.29 is 22.7 Å². The Labute approximate surface area is 173 Å². The number of rotatable bonds is 6.